The van der Waals surface area contributed by atoms with Gasteiger partial charge >= 0.3 is 5.91 Å². The molecule has 0 aliphatic rings. The summed E-state index contributed by atoms with van der Waals surface area (Å²) in [5.74, 6) is -0.270. The Morgan fingerprint density at radius 2 is 2.25 bits per heavy atom. The number of carbonyl (C=O) groups excluding carboxylic acids is 1. The van der Waals surface area contributed by atoms with Gasteiger partial charge < -0.3 is 9.09 Å². The fraction of sp³-hybridized carbons (Fsp3) is 0.154. The summed E-state index contributed by atoms with van der Waals surface area (Å²) >= 11 is 4.88. The minimum atomic E-state index is -0.424. The fourth-order valence-electron chi connectivity index (χ4n) is 1.82. The molecule has 20 heavy (non-hydrogen) atoms. The lowest BCUT2D eigenvalue weighted by Crippen LogP contribution is -2.12. The molecule has 7 heteroatoms. The van der Waals surface area contributed by atoms with Gasteiger partial charge in [-0.2, -0.15) is 4.99 Å². The summed E-state index contributed by atoms with van der Waals surface area (Å²) in [7, 11) is 1.88. The van der Waals surface area contributed by atoms with Gasteiger partial charge in [-0.25, -0.2) is 0 Å². The molecule has 0 unspecified atom stereocenters. The van der Waals surface area contributed by atoms with Gasteiger partial charge in [-0.1, -0.05) is 32.4 Å². The summed E-state index contributed by atoms with van der Waals surface area (Å²) in [6, 6.07) is 7.52. The molecule has 2 heterocycles. The van der Waals surface area contributed by atoms with Crippen LogP contribution in [0.3, 0.4) is 0 Å². The molecule has 0 radical (unpaired) electrons. The summed E-state index contributed by atoms with van der Waals surface area (Å²) < 4.78 is 8.86. The number of rotatable bonds is 1. The normalized spacial score (nSPS) is 12.2. The van der Waals surface area contributed by atoms with E-state index in [1.165, 1.54) is 11.3 Å². The highest BCUT2D eigenvalue weighted by molar-refractivity contribution is 9.10. The Labute approximate surface area is 126 Å². The Kier molecular flexibility index (Phi) is 3.31. The highest BCUT2D eigenvalue weighted by atomic mass is 79.9. The Hall–Kier alpha value is -1.73. The minimum absolute atomic E-state index is 0.154. The van der Waals surface area contributed by atoms with Gasteiger partial charge in [-0.3, -0.25) is 4.79 Å². The van der Waals surface area contributed by atoms with Crippen molar-refractivity contribution in [2.45, 2.75) is 6.92 Å². The van der Waals surface area contributed by atoms with E-state index >= 15 is 0 Å². The molecule has 0 aliphatic heterocycles. The second-order valence-corrected chi connectivity index (χ2v) is 6.23. The molecule has 1 amide bonds. The molecule has 0 spiro atoms. The molecule has 0 fully saturated rings. The zero-order valence-corrected chi connectivity index (χ0v) is 13.2. The zero-order chi connectivity index (χ0) is 14.3. The summed E-state index contributed by atoms with van der Waals surface area (Å²) in [6.45, 7) is 1.76. The van der Waals surface area contributed by atoms with Crippen LogP contribution in [0, 0.1) is 6.92 Å². The molecule has 102 valence electrons. The Morgan fingerprint density at radius 1 is 1.45 bits per heavy atom. The number of amides is 1. The average molecular weight is 352 g/mol. The van der Waals surface area contributed by atoms with E-state index in [0.29, 0.717) is 10.5 Å². The van der Waals surface area contributed by atoms with Gasteiger partial charge in [0, 0.05) is 17.6 Å². The van der Waals surface area contributed by atoms with E-state index in [0.717, 1.165) is 14.7 Å². The maximum Gasteiger partial charge on any atom is 0.318 e. The quantitative estimate of drug-likeness (QED) is 0.676. The molecule has 0 aliphatic carbocycles. The van der Waals surface area contributed by atoms with Crippen LogP contribution in [0.25, 0.3) is 10.2 Å². The number of aryl methyl sites for hydroxylation is 2. The first-order valence-corrected chi connectivity index (χ1v) is 7.43. The van der Waals surface area contributed by atoms with E-state index in [1.807, 2.05) is 29.8 Å². The van der Waals surface area contributed by atoms with Crippen LogP contribution in [0.2, 0.25) is 0 Å². The third-order valence-corrected chi connectivity index (χ3v) is 4.40. The maximum atomic E-state index is 12.0. The van der Waals surface area contributed by atoms with Crippen LogP contribution in [-0.2, 0) is 7.05 Å². The molecule has 0 saturated heterocycles. The number of aromatic nitrogens is 2. The van der Waals surface area contributed by atoms with Crippen molar-refractivity contribution in [2.24, 2.45) is 12.0 Å². The predicted molar refractivity (Wildman–Crippen MR) is 79.6 cm³/mol. The van der Waals surface area contributed by atoms with Crippen molar-refractivity contribution < 1.29 is 9.32 Å². The Balaban J connectivity index is 2.12. The van der Waals surface area contributed by atoms with Gasteiger partial charge in [-0.15, -0.1) is 0 Å². The monoisotopic (exact) mass is 351 g/mol. The second-order valence-electron chi connectivity index (χ2n) is 4.31. The topological polar surface area (TPSA) is 60.4 Å². The van der Waals surface area contributed by atoms with E-state index in [-0.39, 0.29) is 5.76 Å². The third kappa shape index (κ3) is 2.34. The highest BCUT2D eigenvalue weighted by Gasteiger charge is 2.11. The zero-order valence-electron chi connectivity index (χ0n) is 10.8. The van der Waals surface area contributed by atoms with Crippen molar-refractivity contribution in [1.82, 2.24) is 9.72 Å². The van der Waals surface area contributed by atoms with Gasteiger partial charge in [0.15, 0.2) is 4.80 Å². The fourth-order valence-corrected chi connectivity index (χ4v) is 3.39. The average Bonchev–Trinajstić information content (AvgIpc) is 2.95. The summed E-state index contributed by atoms with van der Waals surface area (Å²) in [5, 5.41) is 3.69. The summed E-state index contributed by atoms with van der Waals surface area (Å²) in [5.41, 5.74) is 1.69. The van der Waals surface area contributed by atoms with Crippen molar-refractivity contribution in [1.29, 1.82) is 0 Å². The number of carbonyl (C=O) groups is 1. The van der Waals surface area contributed by atoms with Crippen LogP contribution in [0.5, 0.6) is 0 Å². The molecular weight excluding hydrogens is 342 g/mol. The van der Waals surface area contributed by atoms with Crippen LogP contribution < -0.4 is 4.80 Å². The lowest BCUT2D eigenvalue weighted by atomic mass is 10.3. The van der Waals surface area contributed by atoms with E-state index in [9.17, 15) is 4.79 Å². The lowest BCUT2D eigenvalue weighted by molar-refractivity contribution is 0.0962. The summed E-state index contributed by atoms with van der Waals surface area (Å²) in [6.07, 6.45) is 0. The van der Waals surface area contributed by atoms with Gasteiger partial charge in [0.2, 0.25) is 5.76 Å². The number of thiazole rings is 1. The van der Waals surface area contributed by atoms with Crippen molar-refractivity contribution >= 4 is 43.4 Å². The Morgan fingerprint density at radius 3 is 2.95 bits per heavy atom. The van der Waals surface area contributed by atoms with Gasteiger partial charge in [-0.05, 0) is 25.1 Å². The summed E-state index contributed by atoms with van der Waals surface area (Å²) in [4.78, 5) is 16.7. The van der Waals surface area contributed by atoms with Gasteiger partial charge in [0.1, 0.15) is 0 Å². The molecule has 1 aromatic carbocycles. The Bertz CT molecular complexity index is 875. The smallest absolute Gasteiger partial charge is 0.318 e. The number of halogens is 1. The predicted octanol–water partition coefficient (Wildman–Crippen LogP) is 3.04. The van der Waals surface area contributed by atoms with Gasteiger partial charge in [0.05, 0.1) is 15.9 Å². The molecule has 0 atom stereocenters. The highest BCUT2D eigenvalue weighted by Crippen LogP contribution is 2.21. The number of hydrogen-bond donors (Lipinski definition) is 0. The van der Waals surface area contributed by atoms with E-state index < -0.39 is 5.91 Å². The minimum Gasteiger partial charge on any atom is -0.351 e. The molecule has 3 aromatic rings. The molecule has 0 saturated carbocycles. The van der Waals surface area contributed by atoms with E-state index in [1.54, 1.807) is 13.0 Å². The molecule has 2 aromatic heterocycles. The van der Waals surface area contributed by atoms with Crippen LogP contribution in [0.4, 0.5) is 0 Å². The van der Waals surface area contributed by atoms with E-state index in [4.69, 9.17) is 4.52 Å². The lowest BCUT2D eigenvalue weighted by Gasteiger charge is -1.94. The van der Waals surface area contributed by atoms with Crippen LogP contribution >= 0.6 is 27.3 Å². The van der Waals surface area contributed by atoms with Crippen molar-refractivity contribution in [3.63, 3.8) is 0 Å². The number of hydrogen-bond acceptors (Lipinski definition) is 4. The van der Waals surface area contributed by atoms with Crippen molar-refractivity contribution in [2.75, 3.05) is 0 Å². The standard InChI is InChI=1S/C13H10BrN3O2S/c1-7-5-10(19-16-7)12(18)15-13-17(2)9-4-3-8(14)6-11(9)20-13/h3-6H,1-2H3. The maximum absolute atomic E-state index is 12.0. The van der Waals surface area contributed by atoms with Crippen LogP contribution in [0.1, 0.15) is 16.2 Å². The number of fused-ring (bicyclic) bond motifs is 1. The molecule has 0 N–H and O–H groups in total. The van der Waals surface area contributed by atoms with E-state index in [2.05, 4.69) is 26.1 Å². The van der Waals surface area contributed by atoms with Gasteiger partial charge in [0.25, 0.3) is 0 Å². The van der Waals surface area contributed by atoms with Crippen LogP contribution in [-0.4, -0.2) is 15.6 Å². The first-order chi connectivity index (χ1) is 9.54. The third-order valence-electron chi connectivity index (χ3n) is 2.81. The number of nitrogens with zero attached hydrogens (tertiary/aromatic N) is 3. The second kappa shape index (κ2) is 4.99. The largest absolute Gasteiger partial charge is 0.351 e. The first kappa shape index (κ1) is 13.3. The van der Waals surface area contributed by atoms with Crippen LogP contribution in [0.15, 0.2) is 38.3 Å². The molecule has 0 bridgehead atoms. The first-order valence-electron chi connectivity index (χ1n) is 5.82. The van der Waals surface area contributed by atoms with Crippen molar-refractivity contribution in [3.05, 3.63) is 45.0 Å². The molecule has 3 rings (SSSR count). The van der Waals surface area contributed by atoms with Crippen molar-refractivity contribution in [3.8, 4) is 0 Å². The SMILES string of the molecule is Cc1cc(C(=O)N=c2sc3cc(Br)ccc3n2C)on1. The molecule has 5 nitrogen and oxygen atoms in total. The molecular formula is C13H10BrN3O2S. The number of benzene rings is 1.